The first-order valence-corrected chi connectivity index (χ1v) is 7.00. The first kappa shape index (κ1) is 14.3. The third kappa shape index (κ3) is 2.83. The van der Waals surface area contributed by atoms with Crippen molar-refractivity contribution in [1.82, 2.24) is 0 Å². The summed E-state index contributed by atoms with van der Waals surface area (Å²) in [6.07, 6.45) is 0.0519. The summed E-state index contributed by atoms with van der Waals surface area (Å²) in [4.78, 5) is 24.2. The lowest BCUT2D eigenvalue weighted by Crippen LogP contribution is -2.30. The Hall–Kier alpha value is -2.69. The van der Waals surface area contributed by atoms with Crippen LogP contribution in [0.1, 0.15) is 23.5 Å². The molecule has 0 saturated carbocycles. The minimum atomic E-state index is -0.620. The molecule has 1 heterocycles. The van der Waals surface area contributed by atoms with Crippen LogP contribution in [0.4, 0.5) is 15.8 Å². The van der Waals surface area contributed by atoms with Gasteiger partial charge in [-0.1, -0.05) is 23.8 Å². The zero-order chi connectivity index (χ0) is 15.7. The highest BCUT2D eigenvalue weighted by Crippen LogP contribution is 2.33. The molecule has 0 bridgehead atoms. The highest BCUT2D eigenvalue weighted by molar-refractivity contribution is 6.05. The molecule has 1 aliphatic rings. The summed E-state index contributed by atoms with van der Waals surface area (Å²) in [5, 5.41) is 5.40. The highest BCUT2D eigenvalue weighted by Gasteiger charge is 2.30. The van der Waals surface area contributed by atoms with Crippen molar-refractivity contribution in [2.45, 2.75) is 19.3 Å². The average molecular weight is 298 g/mol. The molecule has 112 valence electrons. The van der Waals surface area contributed by atoms with Gasteiger partial charge in [-0.3, -0.25) is 9.59 Å². The molecular formula is C17H15FN2O2. The highest BCUT2D eigenvalue weighted by atomic mass is 19.1. The first-order valence-electron chi connectivity index (χ1n) is 7.00. The van der Waals surface area contributed by atoms with E-state index in [4.69, 9.17) is 0 Å². The lowest BCUT2D eigenvalue weighted by atomic mass is 9.89. The van der Waals surface area contributed by atoms with Crippen LogP contribution in [0.3, 0.4) is 0 Å². The molecule has 4 nitrogen and oxygen atoms in total. The molecule has 2 aromatic carbocycles. The molecule has 3 rings (SSSR count). The van der Waals surface area contributed by atoms with E-state index in [9.17, 15) is 14.0 Å². The number of carbonyl (C=O) groups excluding carboxylic acids is 2. The SMILES string of the molecule is Cc1ccc(NC(=O)[C@H]2CC(=O)Nc3cc(F)ccc32)cc1. The maximum Gasteiger partial charge on any atom is 0.232 e. The van der Waals surface area contributed by atoms with Crippen LogP contribution in [-0.4, -0.2) is 11.8 Å². The number of halogens is 1. The Morgan fingerprint density at radius 3 is 2.68 bits per heavy atom. The number of anilines is 2. The topological polar surface area (TPSA) is 58.2 Å². The Morgan fingerprint density at radius 2 is 1.95 bits per heavy atom. The number of nitrogens with one attached hydrogen (secondary N) is 2. The van der Waals surface area contributed by atoms with Crippen LogP contribution in [-0.2, 0) is 9.59 Å². The second kappa shape index (κ2) is 5.60. The van der Waals surface area contributed by atoms with Crippen molar-refractivity contribution in [3.8, 4) is 0 Å². The van der Waals surface area contributed by atoms with Gasteiger partial charge in [0.15, 0.2) is 0 Å². The number of carbonyl (C=O) groups is 2. The number of hydrogen-bond donors (Lipinski definition) is 2. The molecule has 0 radical (unpaired) electrons. The zero-order valence-corrected chi connectivity index (χ0v) is 12.0. The summed E-state index contributed by atoms with van der Waals surface area (Å²) in [5.74, 6) is -1.63. The van der Waals surface area contributed by atoms with Crippen molar-refractivity contribution in [3.05, 3.63) is 59.4 Å². The molecule has 0 aliphatic carbocycles. The van der Waals surface area contributed by atoms with Crippen LogP contribution < -0.4 is 10.6 Å². The molecule has 0 unspecified atom stereocenters. The van der Waals surface area contributed by atoms with E-state index in [-0.39, 0.29) is 18.2 Å². The number of rotatable bonds is 2. The molecule has 2 amide bonds. The van der Waals surface area contributed by atoms with E-state index in [1.54, 1.807) is 6.07 Å². The van der Waals surface area contributed by atoms with Crippen molar-refractivity contribution in [2.75, 3.05) is 10.6 Å². The Bertz CT molecular complexity index is 741. The standard InChI is InChI=1S/C17H15FN2O2/c1-10-2-5-12(6-3-10)19-17(22)14-9-16(21)20-15-8-11(18)4-7-13(14)15/h2-8,14H,9H2,1H3,(H,19,22)(H,20,21)/t14-/m0/s1. The summed E-state index contributed by atoms with van der Waals surface area (Å²) in [7, 11) is 0. The lowest BCUT2D eigenvalue weighted by molar-refractivity contribution is -0.123. The fourth-order valence-electron chi connectivity index (χ4n) is 2.54. The van der Waals surface area contributed by atoms with Gasteiger partial charge in [0.2, 0.25) is 11.8 Å². The minimum absolute atomic E-state index is 0.0519. The van der Waals surface area contributed by atoms with E-state index < -0.39 is 11.7 Å². The van der Waals surface area contributed by atoms with E-state index in [1.807, 2.05) is 31.2 Å². The van der Waals surface area contributed by atoms with E-state index in [0.717, 1.165) is 5.56 Å². The maximum absolute atomic E-state index is 13.3. The van der Waals surface area contributed by atoms with E-state index in [0.29, 0.717) is 16.9 Å². The van der Waals surface area contributed by atoms with Crippen molar-refractivity contribution in [2.24, 2.45) is 0 Å². The van der Waals surface area contributed by atoms with E-state index in [1.165, 1.54) is 12.1 Å². The fourth-order valence-corrected chi connectivity index (χ4v) is 2.54. The largest absolute Gasteiger partial charge is 0.326 e. The minimum Gasteiger partial charge on any atom is -0.326 e. The van der Waals surface area contributed by atoms with Gasteiger partial charge in [-0.05, 0) is 36.8 Å². The zero-order valence-electron chi connectivity index (χ0n) is 12.0. The van der Waals surface area contributed by atoms with E-state index >= 15 is 0 Å². The van der Waals surface area contributed by atoms with Gasteiger partial charge in [0.25, 0.3) is 0 Å². The van der Waals surface area contributed by atoms with Crippen LogP contribution in [0.2, 0.25) is 0 Å². The van der Waals surface area contributed by atoms with Crippen LogP contribution in [0, 0.1) is 12.7 Å². The second-order valence-electron chi connectivity index (χ2n) is 5.39. The Balaban J connectivity index is 1.86. The molecule has 2 aromatic rings. The predicted molar refractivity (Wildman–Crippen MR) is 82.2 cm³/mol. The number of hydrogen-bond acceptors (Lipinski definition) is 2. The molecular weight excluding hydrogens is 283 g/mol. The molecule has 5 heteroatoms. The van der Waals surface area contributed by atoms with Gasteiger partial charge in [0, 0.05) is 17.8 Å². The summed E-state index contributed by atoms with van der Waals surface area (Å²) < 4.78 is 13.3. The number of aryl methyl sites for hydroxylation is 1. The van der Waals surface area contributed by atoms with Crippen LogP contribution in [0.15, 0.2) is 42.5 Å². The Labute approximate surface area is 127 Å². The van der Waals surface area contributed by atoms with Gasteiger partial charge >= 0.3 is 0 Å². The molecule has 1 atom stereocenters. The summed E-state index contributed by atoms with van der Waals surface area (Å²) in [6, 6.07) is 11.5. The Kier molecular flexibility index (Phi) is 3.63. The third-order valence-electron chi connectivity index (χ3n) is 3.69. The monoisotopic (exact) mass is 298 g/mol. The maximum atomic E-state index is 13.3. The average Bonchev–Trinajstić information content (AvgIpc) is 2.48. The quantitative estimate of drug-likeness (QED) is 0.894. The molecule has 22 heavy (non-hydrogen) atoms. The summed E-state index contributed by atoms with van der Waals surface area (Å²) in [5.41, 5.74) is 2.76. The van der Waals surface area contributed by atoms with Crippen LogP contribution >= 0.6 is 0 Å². The summed E-state index contributed by atoms with van der Waals surface area (Å²) >= 11 is 0. The predicted octanol–water partition coefficient (Wildman–Crippen LogP) is 3.20. The normalized spacial score (nSPS) is 16.6. The second-order valence-corrected chi connectivity index (χ2v) is 5.39. The summed E-state index contributed by atoms with van der Waals surface area (Å²) in [6.45, 7) is 1.96. The number of amides is 2. The smallest absolute Gasteiger partial charge is 0.232 e. The van der Waals surface area contributed by atoms with Gasteiger partial charge in [0.1, 0.15) is 5.82 Å². The molecule has 0 saturated heterocycles. The number of benzene rings is 2. The molecule has 0 spiro atoms. The van der Waals surface area contributed by atoms with Crippen LogP contribution in [0.25, 0.3) is 0 Å². The van der Waals surface area contributed by atoms with Gasteiger partial charge in [-0.15, -0.1) is 0 Å². The van der Waals surface area contributed by atoms with Gasteiger partial charge in [-0.2, -0.15) is 0 Å². The van der Waals surface area contributed by atoms with Gasteiger partial charge < -0.3 is 10.6 Å². The Morgan fingerprint density at radius 1 is 1.23 bits per heavy atom. The molecule has 0 fully saturated rings. The van der Waals surface area contributed by atoms with E-state index in [2.05, 4.69) is 10.6 Å². The van der Waals surface area contributed by atoms with Crippen molar-refractivity contribution in [1.29, 1.82) is 0 Å². The van der Waals surface area contributed by atoms with Gasteiger partial charge in [0.05, 0.1) is 5.92 Å². The fraction of sp³-hybridized carbons (Fsp3) is 0.176. The van der Waals surface area contributed by atoms with Crippen molar-refractivity contribution < 1.29 is 14.0 Å². The van der Waals surface area contributed by atoms with Crippen molar-refractivity contribution >= 4 is 23.2 Å². The molecule has 2 N–H and O–H groups in total. The number of fused-ring (bicyclic) bond motifs is 1. The molecule has 1 aliphatic heterocycles. The van der Waals surface area contributed by atoms with Gasteiger partial charge in [-0.25, -0.2) is 4.39 Å². The van der Waals surface area contributed by atoms with Crippen LogP contribution in [0.5, 0.6) is 0 Å². The first-order chi connectivity index (χ1) is 10.5. The third-order valence-corrected chi connectivity index (χ3v) is 3.69. The van der Waals surface area contributed by atoms with Crippen molar-refractivity contribution in [3.63, 3.8) is 0 Å². The molecule has 0 aromatic heterocycles. The lowest BCUT2D eigenvalue weighted by Gasteiger charge is -2.24.